The number of nitrogens with one attached hydrogen (secondary N) is 1. The van der Waals surface area contributed by atoms with Crippen LogP contribution in [-0.2, 0) is 10.2 Å². The molecule has 1 saturated heterocycles. The maximum absolute atomic E-state index is 11.4. The lowest BCUT2D eigenvalue weighted by molar-refractivity contribution is -0.120. The van der Waals surface area contributed by atoms with E-state index in [4.69, 9.17) is 5.73 Å². The molecule has 2 rings (SSSR count). The molecule has 1 amide bonds. The minimum atomic E-state index is -0.0557. The Bertz CT molecular complexity index is 404. The Morgan fingerprint density at radius 3 is 2.65 bits per heavy atom. The van der Waals surface area contributed by atoms with Gasteiger partial charge in [0, 0.05) is 29.4 Å². The summed E-state index contributed by atoms with van der Waals surface area (Å²) in [7, 11) is 0. The highest BCUT2D eigenvalue weighted by Crippen LogP contribution is 2.33. The van der Waals surface area contributed by atoms with E-state index < -0.39 is 0 Å². The molecule has 1 aromatic carbocycles. The summed E-state index contributed by atoms with van der Waals surface area (Å²) >= 11 is 3.44. The molecule has 1 fully saturated rings. The Labute approximate surface area is 110 Å². The highest BCUT2D eigenvalue weighted by atomic mass is 79.9. The summed E-state index contributed by atoms with van der Waals surface area (Å²) in [4.78, 5) is 11.4. The summed E-state index contributed by atoms with van der Waals surface area (Å²) in [6.07, 6.45) is 2.31. The quantitative estimate of drug-likeness (QED) is 0.876. The maximum atomic E-state index is 11.4. The summed E-state index contributed by atoms with van der Waals surface area (Å²) in [5.74, 6) is 0.137. The van der Waals surface area contributed by atoms with E-state index in [9.17, 15) is 4.79 Å². The number of carbonyl (C=O) groups is 1. The molecule has 0 aliphatic carbocycles. The van der Waals surface area contributed by atoms with Crippen molar-refractivity contribution in [1.82, 2.24) is 5.32 Å². The zero-order chi connectivity index (χ0) is 12.3. The van der Waals surface area contributed by atoms with Gasteiger partial charge in [0.1, 0.15) is 0 Å². The summed E-state index contributed by atoms with van der Waals surface area (Å²) in [5.41, 5.74) is 7.15. The molecular weight excluding hydrogens is 280 g/mol. The average molecular weight is 297 g/mol. The van der Waals surface area contributed by atoms with E-state index in [-0.39, 0.29) is 11.3 Å². The predicted molar refractivity (Wildman–Crippen MR) is 71.7 cm³/mol. The minimum Gasteiger partial charge on any atom is -0.356 e. The molecule has 17 heavy (non-hydrogen) atoms. The Kier molecular flexibility index (Phi) is 3.84. The molecule has 0 aromatic heterocycles. The second-order valence-corrected chi connectivity index (χ2v) is 5.51. The molecule has 4 heteroatoms. The third-order valence-corrected chi connectivity index (χ3v) is 4.13. The standard InChI is InChI=1S/C13H17BrN2O/c14-11-3-1-10(2-4-11)13(9-15)6-5-12(17)16-8-7-13/h1-4H,5-9,15H2,(H,16,17). The zero-order valence-corrected chi connectivity index (χ0v) is 11.3. The van der Waals surface area contributed by atoms with Crippen molar-refractivity contribution in [2.75, 3.05) is 13.1 Å². The Morgan fingerprint density at radius 2 is 2.00 bits per heavy atom. The molecule has 1 atom stereocenters. The van der Waals surface area contributed by atoms with Gasteiger partial charge in [0.2, 0.25) is 5.91 Å². The van der Waals surface area contributed by atoms with E-state index in [0.29, 0.717) is 19.5 Å². The van der Waals surface area contributed by atoms with Gasteiger partial charge in [-0.05, 0) is 30.5 Å². The molecule has 3 N–H and O–H groups in total. The van der Waals surface area contributed by atoms with Crippen LogP contribution in [0.25, 0.3) is 0 Å². The van der Waals surface area contributed by atoms with E-state index in [1.54, 1.807) is 0 Å². The predicted octanol–water partition coefficient (Wildman–Crippen LogP) is 1.95. The van der Waals surface area contributed by atoms with Crippen molar-refractivity contribution in [2.45, 2.75) is 24.7 Å². The van der Waals surface area contributed by atoms with Crippen LogP contribution in [-0.4, -0.2) is 19.0 Å². The number of nitrogens with two attached hydrogens (primary N) is 1. The van der Waals surface area contributed by atoms with Gasteiger partial charge in [0.25, 0.3) is 0 Å². The van der Waals surface area contributed by atoms with Gasteiger partial charge in [-0.15, -0.1) is 0 Å². The summed E-state index contributed by atoms with van der Waals surface area (Å²) in [6, 6.07) is 8.28. The fourth-order valence-electron chi connectivity index (χ4n) is 2.42. The van der Waals surface area contributed by atoms with Gasteiger partial charge in [-0.25, -0.2) is 0 Å². The lowest BCUT2D eigenvalue weighted by Gasteiger charge is -2.31. The van der Waals surface area contributed by atoms with Crippen LogP contribution in [0.2, 0.25) is 0 Å². The van der Waals surface area contributed by atoms with Crippen LogP contribution < -0.4 is 11.1 Å². The van der Waals surface area contributed by atoms with Crippen molar-refractivity contribution >= 4 is 21.8 Å². The Morgan fingerprint density at radius 1 is 1.29 bits per heavy atom. The third-order valence-electron chi connectivity index (χ3n) is 3.60. The van der Waals surface area contributed by atoms with Gasteiger partial charge in [-0.1, -0.05) is 28.1 Å². The fourth-order valence-corrected chi connectivity index (χ4v) is 2.69. The van der Waals surface area contributed by atoms with Crippen molar-refractivity contribution in [3.8, 4) is 0 Å². The van der Waals surface area contributed by atoms with Gasteiger partial charge >= 0.3 is 0 Å². The van der Waals surface area contributed by atoms with E-state index in [0.717, 1.165) is 17.3 Å². The molecule has 0 spiro atoms. The second kappa shape index (κ2) is 5.19. The maximum Gasteiger partial charge on any atom is 0.220 e. The van der Waals surface area contributed by atoms with E-state index in [2.05, 4.69) is 33.4 Å². The minimum absolute atomic E-state index is 0.0557. The van der Waals surface area contributed by atoms with Crippen LogP contribution in [0.1, 0.15) is 24.8 Å². The molecular formula is C13H17BrN2O. The van der Waals surface area contributed by atoms with Gasteiger partial charge in [-0.3, -0.25) is 4.79 Å². The topological polar surface area (TPSA) is 55.1 Å². The molecule has 92 valence electrons. The fraction of sp³-hybridized carbons (Fsp3) is 0.462. The van der Waals surface area contributed by atoms with Gasteiger partial charge in [0.15, 0.2) is 0 Å². The average Bonchev–Trinajstić information content (AvgIpc) is 2.53. The number of hydrogen-bond acceptors (Lipinski definition) is 2. The van der Waals surface area contributed by atoms with Crippen LogP contribution in [0.4, 0.5) is 0 Å². The second-order valence-electron chi connectivity index (χ2n) is 4.59. The van der Waals surface area contributed by atoms with Gasteiger partial charge < -0.3 is 11.1 Å². The molecule has 0 bridgehead atoms. The number of hydrogen-bond donors (Lipinski definition) is 2. The summed E-state index contributed by atoms with van der Waals surface area (Å²) in [5, 5.41) is 2.91. The summed E-state index contributed by atoms with van der Waals surface area (Å²) < 4.78 is 1.07. The molecule has 1 aliphatic rings. The number of benzene rings is 1. The normalized spacial score (nSPS) is 25.2. The first-order valence-electron chi connectivity index (χ1n) is 5.89. The molecule has 1 aliphatic heterocycles. The van der Waals surface area contributed by atoms with Gasteiger partial charge in [0.05, 0.1) is 0 Å². The zero-order valence-electron chi connectivity index (χ0n) is 9.71. The first kappa shape index (κ1) is 12.6. The molecule has 1 aromatic rings. The van der Waals surface area contributed by atoms with Gasteiger partial charge in [-0.2, -0.15) is 0 Å². The lowest BCUT2D eigenvalue weighted by atomic mass is 9.74. The SMILES string of the molecule is NCC1(c2ccc(Br)cc2)CCNC(=O)CC1. The first-order valence-corrected chi connectivity index (χ1v) is 6.68. The van der Waals surface area contributed by atoms with Crippen molar-refractivity contribution in [3.63, 3.8) is 0 Å². The highest BCUT2D eigenvalue weighted by molar-refractivity contribution is 9.10. The van der Waals surface area contributed by atoms with E-state index in [1.165, 1.54) is 5.56 Å². The first-order chi connectivity index (χ1) is 8.16. The molecule has 1 unspecified atom stereocenters. The van der Waals surface area contributed by atoms with Crippen LogP contribution in [0.3, 0.4) is 0 Å². The number of amides is 1. The molecule has 0 saturated carbocycles. The molecule has 3 nitrogen and oxygen atoms in total. The summed E-state index contributed by atoms with van der Waals surface area (Å²) in [6.45, 7) is 1.30. The number of carbonyl (C=O) groups excluding carboxylic acids is 1. The monoisotopic (exact) mass is 296 g/mol. The number of rotatable bonds is 2. The smallest absolute Gasteiger partial charge is 0.220 e. The van der Waals surface area contributed by atoms with Crippen LogP contribution in [0.15, 0.2) is 28.7 Å². The Balaban J connectivity index is 2.29. The van der Waals surface area contributed by atoms with Crippen LogP contribution in [0, 0.1) is 0 Å². The van der Waals surface area contributed by atoms with E-state index in [1.807, 2.05) is 12.1 Å². The van der Waals surface area contributed by atoms with Crippen LogP contribution >= 0.6 is 15.9 Å². The number of halogens is 1. The van der Waals surface area contributed by atoms with Crippen LogP contribution in [0.5, 0.6) is 0 Å². The molecule has 1 heterocycles. The third kappa shape index (κ3) is 2.69. The van der Waals surface area contributed by atoms with Crippen molar-refractivity contribution < 1.29 is 4.79 Å². The van der Waals surface area contributed by atoms with Crippen molar-refractivity contribution in [3.05, 3.63) is 34.3 Å². The highest BCUT2D eigenvalue weighted by Gasteiger charge is 2.33. The van der Waals surface area contributed by atoms with Crippen molar-refractivity contribution in [1.29, 1.82) is 0 Å². The Hall–Kier alpha value is -0.870. The lowest BCUT2D eigenvalue weighted by Crippen LogP contribution is -2.36. The largest absolute Gasteiger partial charge is 0.356 e. The van der Waals surface area contributed by atoms with E-state index >= 15 is 0 Å². The van der Waals surface area contributed by atoms with Crippen molar-refractivity contribution in [2.24, 2.45) is 5.73 Å². The molecule has 0 radical (unpaired) electrons.